The molecule has 2 rings (SSSR count). The van der Waals surface area contributed by atoms with Crippen LogP contribution in [0.1, 0.15) is 23.7 Å². The number of aliphatic hydroxyl groups is 1. The standard InChI is InChI=1S/C16H17ClO2/c1-19-16-11-13(8-9-14(16)17)15(18)10-7-12-5-3-2-4-6-12/h2-6,8-9,11,15,18H,7,10H2,1H3. The summed E-state index contributed by atoms with van der Waals surface area (Å²) < 4.78 is 5.16. The Morgan fingerprint density at radius 2 is 1.89 bits per heavy atom. The fraction of sp³-hybridized carbons (Fsp3) is 0.250. The van der Waals surface area contributed by atoms with E-state index in [1.54, 1.807) is 19.2 Å². The topological polar surface area (TPSA) is 29.5 Å². The molecule has 0 aromatic heterocycles. The third-order valence-electron chi connectivity index (χ3n) is 3.11. The van der Waals surface area contributed by atoms with Crippen molar-refractivity contribution in [2.24, 2.45) is 0 Å². The van der Waals surface area contributed by atoms with Gasteiger partial charge in [0.05, 0.1) is 18.2 Å². The summed E-state index contributed by atoms with van der Waals surface area (Å²) in [6, 6.07) is 15.5. The minimum absolute atomic E-state index is 0.508. The molecule has 3 heteroatoms. The second-order valence-corrected chi connectivity index (χ2v) is 4.84. The molecule has 100 valence electrons. The molecule has 0 bridgehead atoms. The van der Waals surface area contributed by atoms with Gasteiger partial charge in [-0.1, -0.05) is 48.0 Å². The fourth-order valence-electron chi connectivity index (χ4n) is 2.00. The van der Waals surface area contributed by atoms with Gasteiger partial charge in [-0.25, -0.2) is 0 Å². The number of benzene rings is 2. The summed E-state index contributed by atoms with van der Waals surface area (Å²) in [5.41, 5.74) is 2.06. The SMILES string of the molecule is COc1cc(C(O)CCc2ccccc2)ccc1Cl. The van der Waals surface area contributed by atoms with Gasteiger partial charge in [0.25, 0.3) is 0 Å². The Labute approximate surface area is 118 Å². The van der Waals surface area contributed by atoms with Crippen LogP contribution >= 0.6 is 11.6 Å². The zero-order valence-corrected chi connectivity index (χ0v) is 11.6. The monoisotopic (exact) mass is 276 g/mol. The first-order chi connectivity index (χ1) is 9.20. The molecule has 2 nitrogen and oxygen atoms in total. The first kappa shape index (κ1) is 13.9. The van der Waals surface area contributed by atoms with Crippen molar-refractivity contribution in [1.82, 2.24) is 0 Å². The second-order valence-electron chi connectivity index (χ2n) is 4.43. The molecule has 0 radical (unpaired) electrons. The van der Waals surface area contributed by atoms with Crippen LogP contribution in [0.4, 0.5) is 0 Å². The minimum Gasteiger partial charge on any atom is -0.495 e. The van der Waals surface area contributed by atoms with Crippen molar-refractivity contribution in [1.29, 1.82) is 0 Å². The first-order valence-electron chi connectivity index (χ1n) is 6.26. The third-order valence-corrected chi connectivity index (χ3v) is 3.42. The van der Waals surface area contributed by atoms with Gasteiger partial charge >= 0.3 is 0 Å². The molecule has 0 spiro atoms. The Morgan fingerprint density at radius 1 is 1.16 bits per heavy atom. The number of aryl methyl sites for hydroxylation is 1. The van der Waals surface area contributed by atoms with E-state index >= 15 is 0 Å². The van der Waals surface area contributed by atoms with Gasteiger partial charge in [0.15, 0.2) is 0 Å². The van der Waals surface area contributed by atoms with Gasteiger partial charge in [-0.15, -0.1) is 0 Å². The molecule has 2 aromatic carbocycles. The maximum Gasteiger partial charge on any atom is 0.137 e. The summed E-state index contributed by atoms with van der Waals surface area (Å²) in [6.45, 7) is 0. The molecule has 1 N–H and O–H groups in total. The normalized spacial score (nSPS) is 12.2. The molecule has 0 heterocycles. The van der Waals surface area contributed by atoms with Crippen molar-refractivity contribution in [3.63, 3.8) is 0 Å². The van der Waals surface area contributed by atoms with E-state index in [1.807, 2.05) is 24.3 Å². The molecule has 0 saturated heterocycles. The number of halogens is 1. The molecular formula is C16H17ClO2. The van der Waals surface area contributed by atoms with Gasteiger partial charge in [0.2, 0.25) is 0 Å². The second kappa shape index (κ2) is 6.60. The Bertz CT molecular complexity index is 526. The van der Waals surface area contributed by atoms with Crippen LogP contribution in [0.3, 0.4) is 0 Å². The fourth-order valence-corrected chi connectivity index (χ4v) is 2.19. The molecule has 0 amide bonds. The van der Waals surface area contributed by atoms with E-state index in [9.17, 15) is 5.11 Å². The van der Waals surface area contributed by atoms with Crippen molar-refractivity contribution >= 4 is 11.6 Å². The number of hydrogen-bond donors (Lipinski definition) is 1. The number of ether oxygens (including phenoxy) is 1. The van der Waals surface area contributed by atoms with Gasteiger partial charge in [-0.2, -0.15) is 0 Å². The average molecular weight is 277 g/mol. The van der Waals surface area contributed by atoms with Crippen molar-refractivity contribution in [3.8, 4) is 5.75 Å². The molecule has 0 aliphatic heterocycles. The summed E-state index contributed by atoms with van der Waals surface area (Å²) in [5, 5.41) is 10.8. The largest absolute Gasteiger partial charge is 0.495 e. The summed E-state index contributed by atoms with van der Waals surface area (Å²) in [6.07, 6.45) is 1.01. The maximum absolute atomic E-state index is 10.2. The smallest absolute Gasteiger partial charge is 0.137 e. The number of aliphatic hydroxyl groups excluding tert-OH is 1. The quantitative estimate of drug-likeness (QED) is 0.894. The highest BCUT2D eigenvalue weighted by Crippen LogP contribution is 2.29. The zero-order chi connectivity index (χ0) is 13.7. The minimum atomic E-state index is -0.508. The van der Waals surface area contributed by atoms with Crippen molar-refractivity contribution in [3.05, 3.63) is 64.7 Å². The maximum atomic E-state index is 10.2. The molecule has 0 saturated carbocycles. The Balaban J connectivity index is 2.02. The molecule has 19 heavy (non-hydrogen) atoms. The van der Waals surface area contributed by atoms with Crippen LogP contribution in [-0.4, -0.2) is 12.2 Å². The van der Waals surface area contributed by atoms with E-state index in [0.29, 0.717) is 17.2 Å². The lowest BCUT2D eigenvalue weighted by atomic mass is 10.0. The summed E-state index contributed by atoms with van der Waals surface area (Å²) in [5.74, 6) is 0.595. The van der Waals surface area contributed by atoms with Crippen molar-refractivity contribution in [2.75, 3.05) is 7.11 Å². The van der Waals surface area contributed by atoms with E-state index in [2.05, 4.69) is 12.1 Å². The number of methoxy groups -OCH3 is 1. The van der Waals surface area contributed by atoms with E-state index < -0.39 is 6.10 Å². The van der Waals surface area contributed by atoms with E-state index in [4.69, 9.17) is 16.3 Å². The van der Waals surface area contributed by atoms with Gasteiger partial charge in [-0.05, 0) is 36.1 Å². The molecule has 0 fully saturated rings. The molecule has 2 aromatic rings. The van der Waals surface area contributed by atoms with Crippen LogP contribution in [0.2, 0.25) is 5.02 Å². The lowest BCUT2D eigenvalue weighted by molar-refractivity contribution is 0.167. The number of hydrogen-bond acceptors (Lipinski definition) is 2. The highest BCUT2D eigenvalue weighted by atomic mass is 35.5. The number of rotatable bonds is 5. The first-order valence-corrected chi connectivity index (χ1v) is 6.64. The van der Waals surface area contributed by atoms with E-state index in [1.165, 1.54) is 5.56 Å². The Hall–Kier alpha value is -1.51. The van der Waals surface area contributed by atoms with Crippen LogP contribution in [-0.2, 0) is 6.42 Å². The van der Waals surface area contributed by atoms with Crippen LogP contribution in [0.25, 0.3) is 0 Å². The highest BCUT2D eigenvalue weighted by molar-refractivity contribution is 6.32. The third kappa shape index (κ3) is 3.72. The Morgan fingerprint density at radius 3 is 2.58 bits per heavy atom. The molecular weight excluding hydrogens is 260 g/mol. The van der Waals surface area contributed by atoms with Crippen molar-refractivity contribution in [2.45, 2.75) is 18.9 Å². The van der Waals surface area contributed by atoms with Gasteiger partial charge in [0, 0.05) is 0 Å². The summed E-state index contributed by atoms with van der Waals surface area (Å²) in [7, 11) is 1.57. The molecule has 1 atom stereocenters. The van der Waals surface area contributed by atoms with E-state index in [0.717, 1.165) is 12.0 Å². The summed E-state index contributed by atoms with van der Waals surface area (Å²) >= 11 is 5.97. The van der Waals surface area contributed by atoms with E-state index in [-0.39, 0.29) is 0 Å². The van der Waals surface area contributed by atoms with Crippen molar-refractivity contribution < 1.29 is 9.84 Å². The van der Waals surface area contributed by atoms with Crippen LogP contribution < -0.4 is 4.74 Å². The predicted molar refractivity (Wildman–Crippen MR) is 77.7 cm³/mol. The lowest BCUT2D eigenvalue weighted by Gasteiger charge is -2.13. The van der Waals surface area contributed by atoms with Crippen LogP contribution in [0, 0.1) is 0 Å². The van der Waals surface area contributed by atoms with Crippen LogP contribution in [0.5, 0.6) is 5.75 Å². The molecule has 1 unspecified atom stereocenters. The molecule has 0 aliphatic carbocycles. The predicted octanol–water partition coefficient (Wildman–Crippen LogP) is 4.01. The van der Waals surface area contributed by atoms with Crippen LogP contribution in [0.15, 0.2) is 48.5 Å². The lowest BCUT2D eigenvalue weighted by Crippen LogP contribution is -2.00. The Kier molecular flexibility index (Phi) is 4.83. The van der Waals surface area contributed by atoms with Gasteiger partial charge in [0.1, 0.15) is 5.75 Å². The summed E-state index contributed by atoms with van der Waals surface area (Å²) in [4.78, 5) is 0. The zero-order valence-electron chi connectivity index (χ0n) is 10.8. The van der Waals surface area contributed by atoms with Gasteiger partial charge in [-0.3, -0.25) is 0 Å². The molecule has 0 aliphatic rings. The van der Waals surface area contributed by atoms with Gasteiger partial charge < -0.3 is 9.84 Å². The average Bonchev–Trinajstić information content (AvgIpc) is 2.46. The highest BCUT2D eigenvalue weighted by Gasteiger charge is 2.10.